The average Bonchev–Trinajstić information content (AvgIpc) is 2.51. The van der Waals surface area contributed by atoms with Gasteiger partial charge in [0.15, 0.2) is 0 Å². The molecule has 0 aromatic heterocycles. The van der Waals surface area contributed by atoms with Crippen molar-refractivity contribution in [2.24, 2.45) is 11.5 Å². The number of hydrogen-bond acceptors (Lipinski definition) is 9. The van der Waals surface area contributed by atoms with E-state index in [0.29, 0.717) is 0 Å². The van der Waals surface area contributed by atoms with Gasteiger partial charge in [-0.1, -0.05) is 0 Å². The van der Waals surface area contributed by atoms with Gasteiger partial charge in [0.2, 0.25) is 5.91 Å². The van der Waals surface area contributed by atoms with E-state index >= 15 is 0 Å². The molecule has 0 aliphatic heterocycles. The van der Waals surface area contributed by atoms with E-state index in [1.54, 1.807) is 0 Å². The predicted octanol–water partition coefficient (Wildman–Crippen LogP) is -2.78. The van der Waals surface area contributed by atoms with Crippen molar-refractivity contribution in [1.82, 2.24) is 5.32 Å². The van der Waals surface area contributed by atoms with Gasteiger partial charge in [0, 0.05) is 18.4 Å². The number of nitrogens with two attached hydrogens (primary N) is 2. The topological polar surface area (TPSA) is 213 Å². The maximum absolute atomic E-state index is 10.3. The molecule has 0 aliphatic carbocycles. The Morgan fingerprint density at radius 1 is 0.917 bits per heavy atom. The number of hydrogen-bond donors (Lipinski definition) is 9. The molecular weight excluding hydrogens is 366 g/mol. The number of carboxylic acids is 3. The smallest absolute Gasteiger partial charge is 0.327 e. The molecule has 0 fully saturated rings. The number of thiol groups is 2. The van der Waals surface area contributed by atoms with Crippen molar-refractivity contribution in [3.05, 3.63) is 0 Å². The SMILES string of the molecule is CC(=O)N[C@@H](CS)C(=O)O.N[C@@H](CS)C(=O)O.N[C@H](CO)C(=O)O. The summed E-state index contributed by atoms with van der Waals surface area (Å²) in [6, 6.07) is -2.82. The summed E-state index contributed by atoms with van der Waals surface area (Å²) in [6.07, 6.45) is 0. The zero-order chi connectivity index (χ0) is 19.9. The zero-order valence-corrected chi connectivity index (χ0v) is 14.6. The molecule has 1 amide bonds. The van der Waals surface area contributed by atoms with Crippen LogP contribution in [0.15, 0.2) is 0 Å². The van der Waals surface area contributed by atoms with Crippen LogP contribution in [0, 0.1) is 0 Å². The number of rotatable bonds is 7. The van der Waals surface area contributed by atoms with Crippen molar-refractivity contribution in [1.29, 1.82) is 0 Å². The van der Waals surface area contributed by atoms with Gasteiger partial charge in [-0.2, -0.15) is 25.3 Å². The molecule has 0 rings (SSSR count). The molecule has 0 radical (unpaired) electrons. The normalized spacial score (nSPS) is 12.9. The van der Waals surface area contributed by atoms with Crippen molar-refractivity contribution < 1.29 is 39.6 Å². The third kappa shape index (κ3) is 18.5. The first kappa shape index (κ1) is 27.3. The standard InChI is InChI=1S/C5H9NO3S.C3H7NO3.C3H7NO2S/c1-3(7)6-4(2-10)5(8)9;4-2(1-5)3(6)7;4-2(1-7)3(5)6/h4,10H,2H2,1H3,(H,6,7)(H,8,9);2,5H,1,4H2,(H,6,7);2,7H,1,4H2,(H,5,6)/t4-;2*2-/m010/s1. The number of nitrogens with one attached hydrogen (secondary N) is 1. The number of carboxylic acid groups (broad SMARTS) is 3. The first-order valence-electron chi connectivity index (χ1n) is 6.23. The number of amides is 1. The lowest BCUT2D eigenvalue weighted by Crippen LogP contribution is -2.40. The molecule has 24 heavy (non-hydrogen) atoms. The molecule has 0 unspecified atom stereocenters. The number of aliphatic hydroxyl groups is 1. The van der Waals surface area contributed by atoms with Gasteiger partial charge in [0.05, 0.1) is 6.61 Å². The lowest BCUT2D eigenvalue weighted by molar-refractivity contribution is -0.141. The van der Waals surface area contributed by atoms with Crippen molar-refractivity contribution in [3.8, 4) is 0 Å². The summed E-state index contributed by atoms with van der Waals surface area (Å²) in [6.45, 7) is 0.759. The zero-order valence-electron chi connectivity index (χ0n) is 12.8. The summed E-state index contributed by atoms with van der Waals surface area (Å²) in [4.78, 5) is 39.9. The van der Waals surface area contributed by atoms with E-state index in [2.05, 4.69) is 30.6 Å². The van der Waals surface area contributed by atoms with E-state index in [1.165, 1.54) is 6.92 Å². The monoisotopic (exact) mass is 389 g/mol. The maximum Gasteiger partial charge on any atom is 0.327 e. The van der Waals surface area contributed by atoms with E-state index in [4.69, 9.17) is 31.9 Å². The van der Waals surface area contributed by atoms with E-state index in [0.717, 1.165) is 0 Å². The molecule has 142 valence electrons. The molecule has 0 saturated carbocycles. The van der Waals surface area contributed by atoms with Gasteiger partial charge in [-0.15, -0.1) is 0 Å². The Kier molecular flexibility index (Phi) is 18.6. The summed E-state index contributed by atoms with van der Waals surface area (Å²) in [5, 5.41) is 34.5. The number of aliphatic hydroxyl groups excluding tert-OH is 1. The molecule has 0 heterocycles. The van der Waals surface area contributed by atoms with Gasteiger partial charge in [-0.25, -0.2) is 4.79 Å². The summed E-state index contributed by atoms with van der Waals surface area (Å²) in [5.41, 5.74) is 9.71. The third-order valence-corrected chi connectivity index (χ3v) is 2.64. The van der Waals surface area contributed by atoms with Crippen LogP contribution in [0.25, 0.3) is 0 Å². The minimum atomic E-state index is -1.18. The molecule has 0 aliphatic rings. The lowest BCUT2D eigenvalue weighted by Gasteiger charge is -2.08. The van der Waals surface area contributed by atoms with Gasteiger partial charge >= 0.3 is 17.9 Å². The quantitative estimate of drug-likeness (QED) is 0.204. The molecule has 0 spiro atoms. The summed E-state index contributed by atoms with van der Waals surface area (Å²) in [7, 11) is 0. The fourth-order valence-electron chi connectivity index (χ4n) is 0.587. The number of carbonyl (C=O) groups is 4. The molecule has 0 saturated heterocycles. The molecule has 0 bridgehead atoms. The first-order valence-corrected chi connectivity index (χ1v) is 7.50. The highest BCUT2D eigenvalue weighted by Crippen LogP contribution is 1.87. The Labute approximate surface area is 149 Å². The second kappa shape index (κ2) is 16.3. The molecule has 13 heteroatoms. The minimum absolute atomic E-state index is 0.106. The van der Waals surface area contributed by atoms with Crippen molar-refractivity contribution in [2.75, 3.05) is 18.1 Å². The van der Waals surface area contributed by atoms with E-state index < -0.39 is 42.6 Å². The fourth-order valence-corrected chi connectivity index (χ4v) is 0.991. The highest BCUT2D eigenvalue weighted by Gasteiger charge is 2.15. The van der Waals surface area contributed by atoms with E-state index in [-0.39, 0.29) is 17.4 Å². The van der Waals surface area contributed by atoms with Crippen LogP contribution < -0.4 is 16.8 Å². The van der Waals surface area contributed by atoms with E-state index in [9.17, 15) is 19.2 Å². The second-order valence-electron chi connectivity index (χ2n) is 4.03. The second-order valence-corrected chi connectivity index (χ2v) is 4.76. The van der Waals surface area contributed by atoms with Crippen LogP contribution in [0.3, 0.4) is 0 Å². The van der Waals surface area contributed by atoms with Crippen LogP contribution in [0.2, 0.25) is 0 Å². The fraction of sp³-hybridized carbons (Fsp3) is 0.636. The Balaban J connectivity index is -0.000000283. The Morgan fingerprint density at radius 3 is 1.38 bits per heavy atom. The first-order chi connectivity index (χ1) is 10.9. The summed E-state index contributed by atoms with van der Waals surface area (Å²) in [5.74, 6) is -3.31. The third-order valence-electron chi connectivity index (χ3n) is 1.89. The van der Waals surface area contributed by atoms with Crippen molar-refractivity contribution in [3.63, 3.8) is 0 Å². The van der Waals surface area contributed by atoms with Crippen LogP contribution >= 0.6 is 25.3 Å². The molecule has 0 aromatic rings. The number of aliphatic carboxylic acids is 3. The number of carbonyl (C=O) groups excluding carboxylic acids is 1. The van der Waals surface area contributed by atoms with Gasteiger partial charge in [-0.05, 0) is 0 Å². The molecular formula is C11H23N3O8S2. The van der Waals surface area contributed by atoms with Crippen LogP contribution in [0.5, 0.6) is 0 Å². The largest absolute Gasteiger partial charge is 0.480 e. The Bertz CT molecular complexity index is 391. The molecule has 9 N–H and O–H groups in total. The lowest BCUT2D eigenvalue weighted by atomic mass is 10.3. The Hall–Kier alpha value is -1.54. The van der Waals surface area contributed by atoms with Gasteiger partial charge < -0.3 is 37.2 Å². The molecule has 0 aromatic carbocycles. The average molecular weight is 389 g/mol. The van der Waals surface area contributed by atoms with Gasteiger partial charge in [0.1, 0.15) is 18.1 Å². The van der Waals surface area contributed by atoms with Crippen LogP contribution in [-0.4, -0.2) is 80.5 Å². The summed E-state index contributed by atoms with van der Waals surface area (Å²) < 4.78 is 0. The molecule has 3 atom stereocenters. The van der Waals surface area contributed by atoms with Crippen LogP contribution in [0.4, 0.5) is 0 Å². The van der Waals surface area contributed by atoms with Gasteiger partial charge in [-0.3, -0.25) is 14.4 Å². The van der Waals surface area contributed by atoms with Crippen LogP contribution in [0.1, 0.15) is 6.92 Å². The minimum Gasteiger partial charge on any atom is -0.480 e. The summed E-state index contributed by atoms with van der Waals surface area (Å²) >= 11 is 7.38. The highest BCUT2D eigenvalue weighted by atomic mass is 32.1. The highest BCUT2D eigenvalue weighted by molar-refractivity contribution is 7.80. The maximum atomic E-state index is 10.3. The predicted molar refractivity (Wildman–Crippen MR) is 91.3 cm³/mol. The molecule has 11 nitrogen and oxygen atoms in total. The van der Waals surface area contributed by atoms with Gasteiger partial charge in [0.25, 0.3) is 0 Å². The van der Waals surface area contributed by atoms with E-state index in [1.807, 2.05) is 0 Å². The van der Waals surface area contributed by atoms with Crippen LogP contribution in [-0.2, 0) is 19.2 Å². The van der Waals surface area contributed by atoms with Crippen molar-refractivity contribution in [2.45, 2.75) is 25.0 Å². The van der Waals surface area contributed by atoms with Crippen molar-refractivity contribution >= 4 is 49.1 Å². The Morgan fingerprint density at radius 2 is 1.33 bits per heavy atom.